The Labute approximate surface area is 232 Å². The van der Waals surface area contributed by atoms with Crippen LogP contribution in [0.4, 0.5) is 15.9 Å². The number of anilines is 2. The number of piperazine rings is 1. The van der Waals surface area contributed by atoms with Crippen LogP contribution in [0.25, 0.3) is 0 Å². The third kappa shape index (κ3) is 4.56. The smallest absolute Gasteiger partial charge is 0.254 e. The van der Waals surface area contributed by atoms with E-state index >= 15 is 0 Å². The minimum absolute atomic E-state index is 0.0121. The van der Waals surface area contributed by atoms with Crippen LogP contribution in [0.1, 0.15) is 37.1 Å². The molecule has 198 valence electrons. The third-order valence-electron chi connectivity index (χ3n) is 7.83. The zero-order valence-corrected chi connectivity index (χ0v) is 23.0. The van der Waals surface area contributed by atoms with Gasteiger partial charge in [0.25, 0.3) is 5.91 Å². The molecule has 1 amide bonds. The van der Waals surface area contributed by atoms with Crippen molar-refractivity contribution < 1.29 is 9.18 Å². The van der Waals surface area contributed by atoms with Gasteiger partial charge in [-0.3, -0.25) is 4.79 Å². The van der Waals surface area contributed by atoms with E-state index in [1.807, 2.05) is 35.6 Å². The maximum Gasteiger partial charge on any atom is 0.254 e. The van der Waals surface area contributed by atoms with Crippen molar-refractivity contribution in [3.63, 3.8) is 0 Å². The molecule has 3 aliphatic rings. The summed E-state index contributed by atoms with van der Waals surface area (Å²) < 4.78 is 15.4. The lowest BCUT2D eigenvalue weighted by molar-refractivity contribution is -0.128. The number of amides is 1. The van der Waals surface area contributed by atoms with Crippen molar-refractivity contribution in [2.24, 2.45) is 5.92 Å². The van der Waals surface area contributed by atoms with Crippen molar-refractivity contribution in [2.45, 2.75) is 32.7 Å². The van der Waals surface area contributed by atoms with Gasteiger partial charge >= 0.3 is 0 Å². The van der Waals surface area contributed by atoms with E-state index in [0.717, 1.165) is 35.0 Å². The quantitative estimate of drug-likeness (QED) is 0.384. The van der Waals surface area contributed by atoms with Crippen molar-refractivity contribution in [1.82, 2.24) is 14.7 Å². The maximum atomic E-state index is 14.4. The van der Waals surface area contributed by atoms with E-state index in [9.17, 15) is 9.18 Å². The van der Waals surface area contributed by atoms with E-state index in [4.69, 9.17) is 28.3 Å². The summed E-state index contributed by atoms with van der Waals surface area (Å²) in [6.07, 6.45) is 2.41. The van der Waals surface area contributed by atoms with Gasteiger partial charge in [0.15, 0.2) is 0 Å². The molecule has 0 N–H and O–H groups in total. The average Bonchev–Trinajstić information content (AvgIpc) is 3.66. The Kier molecular flexibility index (Phi) is 6.60. The lowest BCUT2D eigenvalue weighted by Crippen LogP contribution is -2.51. The van der Waals surface area contributed by atoms with Gasteiger partial charge in [0.1, 0.15) is 17.7 Å². The molecular weight excluding hydrogens is 524 g/mol. The Morgan fingerprint density at radius 1 is 1.03 bits per heavy atom. The molecule has 2 aliphatic heterocycles. The Balaban J connectivity index is 1.37. The van der Waals surface area contributed by atoms with Gasteiger partial charge in [-0.15, -0.1) is 0 Å². The van der Waals surface area contributed by atoms with Gasteiger partial charge in [0.2, 0.25) is 0 Å². The highest BCUT2D eigenvalue weighted by Crippen LogP contribution is 2.45. The number of allylic oxidation sites excluding steroid dienone is 1. The molecule has 3 aromatic rings. The highest BCUT2D eigenvalue weighted by molar-refractivity contribution is 6.42. The summed E-state index contributed by atoms with van der Waals surface area (Å²) in [7, 11) is 0. The molecule has 1 aliphatic carbocycles. The number of aryl methyl sites for hydroxylation is 1. The van der Waals surface area contributed by atoms with Crippen LogP contribution in [-0.4, -0.2) is 53.3 Å². The van der Waals surface area contributed by atoms with Crippen LogP contribution < -0.4 is 9.80 Å². The van der Waals surface area contributed by atoms with E-state index < -0.39 is 6.04 Å². The summed E-state index contributed by atoms with van der Waals surface area (Å²) in [6, 6.07) is 13.7. The van der Waals surface area contributed by atoms with Crippen molar-refractivity contribution in [3.8, 4) is 0 Å². The molecule has 1 aromatic heterocycles. The summed E-state index contributed by atoms with van der Waals surface area (Å²) in [5.74, 6) is 1.33. The fourth-order valence-electron chi connectivity index (χ4n) is 5.60. The van der Waals surface area contributed by atoms with E-state index in [1.54, 1.807) is 18.2 Å². The predicted molar refractivity (Wildman–Crippen MR) is 150 cm³/mol. The second kappa shape index (κ2) is 9.93. The van der Waals surface area contributed by atoms with Gasteiger partial charge in [0, 0.05) is 55.7 Å². The van der Waals surface area contributed by atoms with Crippen LogP contribution in [0.5, 0.6) is 0 Å². The van der Waals surface area contributed by atoms with Gasteiger partial charge in [0.05, 0.1) is 21.3 Å². The number of nitrogens with zero attached hydrogens (tertiary/aromatic N) is 5. The molecule has 38 heavy (non-hydrogen) atoms. The van der Waals surface area contributed by atoms with Crippen LogP contribution in [-0.2, 0) is 4.79 Å². The molecule has 0 spiro atoms. The fourth-order valence-corrected chi connectivity index (χ4v) is 6.01. The second-order valence-corrected chi connectivity index (χ2v) is 11.2. The van der Waals surface area contributed by atoms with E-state index in [1.165, 1.54) is 25.0 Å². The van der Waals surface area contributed by atoms with Gasteiger partial charge in [-0.05, 0) is 62.9 Å². The molecule has 1 saturated carbocycles. The molecule has 1 atom stereocenters. The maximum absolute atomic E-state index is 14.4. The molecule has 3 heterocycles. The monoisotopic (exact) mass is 553 g/mol. The van der Waals surface area contributed by atoms with Crippen LogP contribution in [0, 0.1) is 18.7 Å². The topological polar surface area (TPSA) is 44.6 Å². The lowest BCUT2D eigenvalue weighted by atomic mass is 9.93. The number of benzene rings is 2. The molecule has 2 fully saturated rings. The van der Waals surface area contributed by atoms with Crippen molar-refractivity contribution >= 4 is 40.6 Å². The molecule has 6 rings (SSSR count). The number of hydrogen-bond donors (Lipinski definition) is 0. The summed E-state index contributed by atoms with van der Waals surface area (Å²) >= 11 is 13.2. The molecule has 0 bridgehead atoms. The highest BCUT2D eigenvalue weighted by Gasteiger charge is 2.41. The van der Waals surface area contributed by atoms with Crippen molar-refractivity contribution in [1.29, 1.82) is 0 Å². The van der Waals surface area contributed by atoms with Crippen LogP contribution >= 0.6 is 23.2 Å². The van der Waals surface area contributed by atoms with Gasteiger partial charge < -0.3 is 14.7 Å². The molecule has 9 heteroatoms. The number of fused-ring (bicyclic) bond motifs is 1. The van der Waals surface area contributed by atoms with E-state index in [-0.39, 0.29) is 11.7 Å². The fraction of sp³-hybridized carbons (Fsp3) is 0.379. The summed E-state index contributed by atoms with van der Waals surface area (Å²) in [5.41, 5.74) is 4.24. The molecule has 1 saturated heterocycles. The van der Waals surface area contributed by atoms with Crippen molar-refractivity contribution in [3.05, 3.63) is 86.9 Å². The SMILES string of the molecule is CC1=C(C(=O)N2CCN(c3ccc(F)cc3)CC2)C(c2cccc(Cl)c2Cl)n2nc(C)cc2N1CC1CC1. The minimum Gasteiger partial charge on any atom is -0.368 e. The first-order valence-corrected chi connectivity index (χ1v) is 13.9. The first-order valence-electron chi connectivity index (χ1n) is 13.1. The average molecular weight is 554 g/mol. The number of halogens is 3. The van der Waals surface area contributed by atoms with Gasteiger partial charge in [-0.1, -0.05) is 35.3 Å². The Morgan fingerprint density at radius 3 is 2.42 bits per heavy atom. The van der Waals surface area contributed by atoms with Crippen molar-refractivity contribution in [2.75, 3.05) is 42.5 Å². The lowest BCUT2D eigenvalue weighted by Gasteiger charge is -2.41. The van der Waals surface area contributed by atoms with E-state index in [2.05, 4.69) is 15.9 Å². The van der Waals surface area contributed by atoms with Crippen LogP contribution in [0.2, 0.25) is 10.0 Å². The summed E-state index contributed by atoms with van der Waals surface area (Å²) in [5, 5.41) is 5.75. The molecule has 6 nitrogen and oxygen atoms in total. The van der Waals surface area contributed by atoms with Crippen LogP contribution in [0.3, 0.4) is 0 Å². The number of carbonyl (C=O) groups excluding carboxylic acids is 1. The van der Waals surface area contributed by atoms with Gasteiger partial charge in [-0.2, -0.15) is 5.10 Å². The first kappa shape index (κ1) is 25.3. The molecule has 0 radical (unpaired) electrons. The minimum atomic E-state index is -0.483. The predicted octanol–water partition coefficient (Wildman–Crippen LogP) is 6.08. The number of carbonyl (C=O) groups is 1. The first-order chi connectivity index (χ1) is 18.3. The molecule has 1 unspecified atom stereocenters. The van der Waals surface area contributed by atoms with Crippen LogP contribution in [0.15, 0.2) is 59.8 Å². The standard InChI is InChI=1S/C29H30Cl2FN5O/c1-18-16-25-36(17-20-6-7-20)19(2)26(28(37(25)33-18)23-4-3-5-24(30)27(23)31)29(38)35-14-12-34(13-15-35)22-10-8-21(32)9-11-22/h3-5,8-11,16,20,28H,6-7,12-15,17H2,1-2H3. The second-order valence-electron chi connectivity index (χ2n) is 10.4. The number of rotatable bonds is 5. The van der Waals surface area contributed by atoms with Gasteiger partial charge in [-0.25, -0.2) is 9.07 Å². The summed E-state index contributed by atoms with van der Waals surface area (Å²) in [6.45, 7) is 7.36. The molecule has 2 aromatic carbocycles. The third-order valence-corrected chi connectivity index (χ3v) is 8.66. The highest BCUT2D eigenvalue weighted by atomic mass is 35.5. The zero-order chi connectivity index (χ0) is 26.6. The van der Waals surface area contributed by atoms with E-state index in [0.29, 0.717) is 47.7 Å². The largest absolute Gasteiger partial charge is 0.368 e. The molecular formula is C29H30Cl2FN5O. The zero-order valence-electron chi connectivity index (χ0n) is 21.5. The normalized spacial score (nSPS) is 19.7. The Hall–Kier alpha value is -3.03. The summed E-state index contributed by atoms with van der Waals surface area (Å²) in [4.78, 5) is 20.7. The number of aromatic nitrogens is 2. The Morgan fingerprint density at radius 2 is 1.74 bits per heavy atom. The Bertz CT molecular complexity index is 1410. The number of hydrogen-bond acceptors (Lipinski definition) is 4.